The fourth-order valence-electron chi connectivity index (χ4n) is 3.78. The summed E-state index contributed by atoms with van der Waals surface area (Å²) >= 11 is 0. The van der Waals surface area contributed by atoms with Crippen molar-refractivity contribution in [1.29, 1.82) is 0 Å². The molecule has 0 aliphatic carbocycles. The van der Waals surface area contributed by atoms with Crippen LogP contribution in [0, 0.1) is 11.6 Å². The van der Waals surface area contributed by atoms with Crippen LogP contribution in [0.1, 0.15) is 22.9 Å². The number of amides is 1. The maximum atomic E-state index is 13.9. The second-order valence-electron chi connectivity index (χ2n) is 7.61. The Bertz CT molecular complexity index is 1350. The molecule has 0 saturated heterocycles. The third-order valence-corrected chi connectivity index (χ3v) is 5.28. The fourth-order valence-corrected chi connectivity index (χ4v) is 3.78. The van der Waals surface area contributed by atoms with Gasteiger partial charge in [0.25, 0.3) is 5.56 Å². The zero-order valence-electron chi connectivity index (χ0n) is 17.4. The van der Waals surface area contributed by atoms with Gasteiger partial charge < -0.3 is 5.32 Å². The van der Waals surface area contributed by atoms with E-state index in [1.165, 1.54) is 36.0 Å². The average molecular weight is 433 g/mol. The van der Waals surface area contributed by atoms with Crippen LogP contribution in [0.3, 0.4) is 0 Å². The Morgan fingerprint density at radius 2 is 1.66 bits per heavy atom. The summed E-state index contributed by atoms with van der Waals surface area (Å²) in [6, 6.07) is 18.5. The standard InChI is InChI=1S/C25H21F2N3O2/c1-30-25(32)21-11-3-2-10-20(21)23(29-30)15-24(31)28-22(17-7-5-9-19(27)14-17)13-16-6-4-8-18(26)12-16/h2-12,14,22H,13,15H2,1H3,(H,28,31). The summed E-state index contributed by atoms with van der Waals surface area (Å²) < 4.78 is 28.7. The molecule has 1 N–H and O–H groups in total. The van der Waals surface area contributed by atoms with Crippen LogP contribution in [-0.2, 0) is 24.7 Å². The number of aryl methyl sites for hydroxylation is 1. The highest BCUT2D eigenvalue weighted by Gasteiger charge is 2.19. The molecule has 1 unspecified atom stereocenters. The predicted octanol–water partition coefficient (Wildman–Crippen LogP) is 3.85. The Hall–Kier alpha value is -3.87. The van der Waals surface area contributed by atoms with Gasteiger partial charge in [-0.25, -0.2) is 13.5 Å². The Balaban J connectivity index is 1.62. The van der Waals surface area contributed by atoms with Crippen LogP contribution >= 0.6 is 0 Å². The molecule has 32 heavy (non-hydrogen) atoms. The third kappa shape index (κ3) is 4.72. The van der Waals surface area contributed by atoms with E-state index in [9.17, 15) is 18.4 Å². The lowest BCUT2D eigenvalue weighted by molar-refractivity contribution is -0.121. The van der Waals surface area contributed by atoms with Gasteiger partial charge >= 0.3 is 0 Å². The van der Waals surface area contributed by atoms with Crippen LogP contribution in [0.4, 0.5) is 8.78 Å². The first-order valence-corrected chi connectivity index (χ1v) is 10.1. The topological polar surface area (TPSA) is 64.0 Å². The van der Waals surface area contributed by atoms with Crippen LogP contribution in [0.15, 0.2) is 77.6 Å². The summed E-state index contributed by atoms with van der Waals surface area (Å²) in [5.41, 5.74) is 1.46. The molecule has 4 rings (SSSR count). The second-order valence-corrected chi connectivity index (χ2v) is 7.61. The number of nitrogens with one attached hydrogen (secondary N) is 1. The van der Waals surface area contributed by atoms with Gasteiger partial charge in [0, 0.05) is 12.4 Å². The van der Waals surface area contributed by atoms with E-state index < -0.39 is 11.9 Å². The molecule has 3 aromatic carbocycles. The summed E-state index contributed by atoms with van der Waals surface area (Å²) in [6.45, 7) is 0. The predicted molar refractivity (Wildman–Crippen MR) is 118 cm³/mol. The third-order valence-electron chi connectivity index (χ3n) is 5.28. The van der Waals surface area contributed by atoms with Crippen LogP contribution in [0.25, 0.3) is 10.8 Å². The molecule has 1 atom stereocenters. The highest BCUT2D eigenvalue weighted by Crippen LogP contribution is 2.21. The van der Waals surface area contributed by atoms with E-state index >= 15 is 0 Å². The van der Waals surface area contributed by atoms with E-state index in [0.29, 0.717) is 27.6 Å². The van der Waals surface area contributed by atoms with Crippen molar-refractivity contribution in [2.75, 3.05) is 0 Å². The lowest BCUT2D eigenvalue weighted by Crippen LogP contribution is -2.32. The molecule has 0 spiro atoms. The molecule has 7 heteroatoms. The Morgan fingerprint density at radius 1 is 0.969 bits per heavy atom. The van der Waals surface area contributed by atoms with Crippen molar-refractivity contribution in [3.05, 3.63) is 112 Å². The lowest BCUT2D eigenvalue weighted by atomic mass is 9.98. The van der Waals surface area contributed by atoms with Crippen molar-refractivity contribution in [2.24, 2.45) is 7.05 Å². The first kappa shape index (κ1) is 21.4. The summed E-state index contributed by atoms with van der Waals surface area (Å²) in [5, 5.41) is 8.27. The summed E-state index contributed by atoms with van der Waals surface area (Å²) in [5.74, 6) is -1.15. The maximum Gasteiger partial charge on any atom is 0.274 e. The van der Waals surface area contributed by atoms with E-state index in [-0.39, 0.29) is 30.1 Å². The number of fused-ring (bicyclic) bond motifs is 1. The number of benzene rings is 3. The molecule has 0 saturated carbocycles. The summed E-state index contributed by atoms with van der Waals surface area (Å²) in [7, 11) is 1.54. The smallest absolute Gasteiger partial charge is 0.274 e. The van der Waals surface area contributed by atoms with Gasteiger partial charge in [0.2, 0.25) is 5.91 Å². The molecular weight excluding hydrogens is 412 g/mol. The molecule has 0 aliphatic rings. The van der Waals surface area contributed by atoms with Crippen LogP contribution in [0.5, 0.6) is 0 Å². The molecule has 0 fully saturated rings. The number of carbonyl (C=O) groups is 1. The van der Waals surface area contributed by atoms with E-state index in [1.54, 1.807) is 48.5 Å². The van der Waals surface area contributed by atoms with Crippen molar-refractivity contribution in [3.8, 4) is 0 Å². The molecule has 5 nitrogen and oxygen atoms in total. The Labute approximate surface area is 183 Å². The van der Waals surface area contributed by atoms with E-state index in [4.69, 9.17) is 0 Å². The van der Waals surface area contributed by atoms with Gasteiger partial charge in [-0.15, -0.1) is 0 Å². The summed E-state index contributed by atoms with van der Waals surface area (Å²) in [6.07, 6.45) is 0.220. The summed E-state index contributed by atoms with van der Waals surface area (Å²) in [4.78, 5) is 25.3. The van der Waals surface area contributed by atoms with Gasteiger partial charge in [0.15, 0.2) is 0 Å². The zero-order chi connectivity index (χ0) is 22.7. The number of nitrogens with zero attached hydrogens (tertiary/aromatic N) is 2. The van der Waals surface area contributed by atoms with E-state index in [2.05, 4.69) is 10.4 Å². The molecule has 162 valence electrons. The monoisotopic (exact) mass is 433 g/mol. The molecule has 0 radical (unpaired) electrons. The van der Waals surface area contributed by atoms with Gasteiger partial charge in [-0.2, -0.15) is 5.10 Å². The fraction of sp³-hybridized carbons (Fsp3) is 0.160. The van der Waals surface area contributed by atoms with Gasteiger partial charge in [-0.3, -0.25) is 9.59 Å². The van der Waals surface area contributed by atoms with Gasteiger partial charge in [-0.05, 0) is 47.9 Å². The van der Waals surface area contributed by atoms with Crippen molar-refractivity contribution in [1.82, 2.24) is 15.1 Å². The number of halogens is 2. The normalized spacial score (nSPS) is 12.0. The quantitative estimate of drug-likeness (QED) is 0.502. The minimum absolute atomic E-state index is 0.0659. The van der Waals surface area contributed by atoms with Gasteiger partial charge in [0.05, 0.1) is 23.5 Å². The molecule has 1 amide bonds. The van der Waals surface area contributed by atoms with Gasteiger partial charge in [-0.1, -0.05) is 42.5 Å². The molecule has 1 heterocycles. The SMILES string of the molecule is Cn1nc(CC(=O)NC(Cc2cccc(F)c2)c2cccc(F)c2)c2ccccc2c1=O. The lowest BCUT2D eigenvalue weighted by Gasteiger charge is -2.20. The molecule has 0 bridgehead atoms. The average Bonchev–Trinajstić information content (AvgIpc) is 2.77. The number of hydrogen-bond acceptors (Lipinski definition) is 3. The van der Waals surface area contributed by atoms with Crippen LogP contribution in [-0.4, -0.2) is 15.7 Å². The molecule has 4 aromatic rings. The number of carbonyl (C=O) groups excluding carboxylic acids is 1. The molecule has 0 aliphatic heterocycles. The van der Waals surface area contributed by atoms with Crippen molar-refractivity contribution < 1.29 is 13.6 Å². The van der Waals surface area contributed by atoms with Crippen molar-refractivity contribution >= 4 is 16.7 Å². The maximum absolute atomic E-state index is 13.9. The Morgan fingerprint density at radius 3 is 2.38 bits per heavy atom. The molecule has 1 aromatic heterocycles. The highest BCUT2D eigenvalue weighted by molar-refractivity contribution is 5.88. The zero-order valence-corrected chi connectivity index (χ0v) is 17.4. The molecular formula is C25H21F2N3O2. The number of rotatable bonds is 6. The van der Waals surface area contributed by atoms with E-state index in [1.807, 2.05) is 0 Å². The van der Waals surface area contributed by atoms with Crippen molar-refractivity contribution in [2.45, 2.75) is 18.9 Å². The highest BCUT2D eigenvalue weighted by atomic mass is 19.1. The van der Waals surface area contributed by atoms with Crippen molar-refractivity contribution in [3.63, 3.8) is 0 Å². The first-order chi connectivity index (χ1) is 15.4. The largest absolute Gasteiger partial charge is 0.349 e. The van der Waals surface area contributed by atoms with E-state index in [0.717, 1.165) is 0 Å². The minimum Gasteiger partial charge on any atom is -0.349 e. The number of aromatic nitrogens is 2. The van der Waals surface area contributed by atoms with Crippen LogP contribution < -0.4 is 10.9 Å². The second kappa shape index (κ2) is 9.09. The first-order valence-electron chi connectivity index (χ1n) is 10.1. The Kier molecular flexibility index (Phi) is 6.07. The van der Waals surface area contributed by atoms with Gasteiger partial charge in [0.1, 0.15) is 11.6 Å². The van der Waals surface area contributed by atoms with Crippen LogP contribution in [0.2, 0.25) is 0 Å². The minimum atomic E-state index is -0.571. The number of hydrogen-bond donors (Lipinski definition) is 1.